The van der Waals surface area contributed by atoms with E-state index in [1.807, 2.05) is 6.07 Å². The monoisotopic (exact) mass is 350 g/mol. The zero-order valence-electron chi connectivity index (χ0n) is 11.9. The van der Waals surface area contributed by atoms with Gasteiger partial charge in [0, 0.05) is 17.5 Å². The van der Waals surface area contributed by atoms with Crippen LogP contribution in [0.25, 0.3) is 11.0 Å². The molecule has 3 rings (SSSR count). The summed E-state index contributed by atoms with van der Waals surface area (Å²) < 4.78 is 16.2. The van der Waals surface area contributed by atoms with Gasteiger partial charge >= 0.3 is 5.63 Å². The summed E-state index contributed by atoms with van der Waals surface area (Å²) in [5, 5.41) is 1.73. The molecule has 0 aliphatic carbocycles. The minimum absolute atomic E-state index is 0.278. The minimum Gasteiger partial charge on any atom is -0.490 e. The van der Waals surface area contributed by atoms with Gasteiger partial charge in [0.05, 0.1) is 10.0 Å². The van der Waals surface area contributed by atoms with E-state index in [0.29, 0.717) is 33.7 Å². The third kappa shape index (κ3) is 3.78. The van der Waals surface area contributed by atoms with Crippen molar-refractivity contribution >= 4 is 34.2 Å². The Balaban J connectivity index is 1.61. The Hall–Kier alpha value is -2.17. The van der Waals surface area contributed by atoms with E-state index in [1.165, 1.54) is 6.07 Å². The molecular formula is C17H12Cl2O4. The van der Waals surface area contributed by atoms with Crippen LogP contribution >= 0.6 is 23.2 Å². The van der Waals surface area contributed by atoms with Gasteiger partial charge in [-0.2, -0.15) is 0 Å². The fourth-order valence-electron chi connectivity index (χ4n) is 2.05. The highest BCUT2D eigenvalue weighted by Crippen LogP contribution is 2.32. The van der Waals surface area contributed by atoms with Crippen LogP contribution in [0.2, 0.25) is 10.0 Å². The minimum atomic E-state index is -0.397. The van der Waals surface area contributed by atoms with Gasteiger partial charge in [-0.3, -0.25) is 0 Å². The van der Waals surface area contributed by atoms with Gasteiger partial charge in [0.15, 0.2) is 5.75 Å². The first-order valence-electron chi connectivity index (χ1n) is 6.87. The Bertz CT molecular complexity index is 869. The molecule has 0 aliphatic rings. The van der Waals surface area contributed by atoms with Crippen LogP contribution < -0.4 is 15.1 Å². The summed E-state index contributed by atoms with van der Waals surface area (Å²) in [6.45, 7) is 0.574. The Morgan fingerprint density at radius 1 is 0.913 bits per heavy atom. The number of fused-ring (bicyclic) bond motifs is 1. The summed E-state index contributed by atoms with van der Waals surface area (Å²) in [5.74, 6) is 1.02. The molecule has 0 radical (unpaired) electrons. The smallest absolute Gasteiger partial charge is 0.336 e. The molecule has 2 aromatic carbocycles. The Morgan fingerprint density at radius 2 is 1.61 bits per heavy atom. The van der Waals surface area contributed by atoms with E-state index in [1.54, 1.807) is 36.4 Å². The Labute approximate surface area is 142 Å². The Morgan fingerprint density at radius 3 is 2.39 bits per heavy atom. The lowest BCUT2D eigenvalue weighted by Gasteiger charge is -2.11. The van der Waals surface area contributed by atoms with Crippen molar-refractivity contribution < 1.29 is 13.9 Å². The van der Waals surface area contributed by atoms with Crippen molar-refractivity contribution in [2.75, 3.05) is 13.2 Å². The normalized spacial score (nSPS) is 10.7. The highest BCUT2D eigenvalue weighted by molar-refractivity contribution is 6.37. The van der Waals surface area contributed by atoms with E-state index in [4.69, 9.17) is 37.1 Å². The quantitative estimate of drug-likeness (QED) is 0.500. The fraction of sp³-hybridized carbons (Fsp3) is 0.118. The number of hydrogen-bond donors (Lipinski definition) is 0. The van der Waals surface area contributed by atoms with E-state index < -0.39 is 5.63 Å². The molecular weight excluding hydrogens is 339 g/mol. The summed E-state index contributed by atoms with van der Waals surface area (Å²) >= 11 is 12.0. The van der Waals surface area contributed by atoms with Crippen LogP contribution in [0.15, 0.2) is 57.7 Å². The van der Waals surface area contributed by atoms with E-state index in [0.717, 1.165) is 5.39 Å². The molecule has 0 spiro atoms. The molecule has 1 heterocycles. The van der Waals surface area contributed by atoms with Crippen molar-refractivity contribution in [2.45, 2.75) is 0 Å². The maximum absolute atomic E-state index is 11.2. The largest absolute Gasteiger partial charge is 0.490 e. The lowest BCUT2D eigenvalue weighted by Crippen LogP contribution is -2.09. The molecule has 4 nitrogen and oxygen atoms in total. The van der Waals surface area contributed by atoms with Crippen molar-refractivity contribution in [2.24, 2.45) is 0 Å². The number of halogens is 2. The first kappa shape index (κ1) is 15.7. The van der Waals surface area contributed by atoms with Crippen LogP contribution in [0.4, 0.5) is 0 Å². The predicted molar refractivity (Wildman–Crippen MR) is 89.9 cm³/mol. The number of benzene rings is 2. The number of rotatable bonds is 5. The zero-order valence-corrected chi connectivity index (χ0v) is 13.4. The van der Waals surface area contributed by atoms with Crippen molar-refractivity contribution in [1.29, 1.82) is 0 Å². The second-order valence-corrected chi connectivity index (χ2v) is 5.52. The van der Waals surface area contributed by atoms with E-state index >= 15 is 0 Å². The van der Waals surface area contributed by atoms with Crippen molar-refractivity contribution in [3.63, 3.8) is 0 Å². The second kappa shape index (κ2) is 6.94. The van der Waals surface area contributed by atoms with Crippen molar-refractivity contribution in [3.8, 4) is 11.5 Å². The maximum atomic E-state index is 11.2. The summed E-state index contributed by atoms with van der Waals surface area (Å²) in [7, 11) is 0. The average molecular weight is 351 g/mol. The molecule has 118 valence electrons. The zero-order chi connectivity index (χ0) is 16.2. The molecule has 0 N–H and O–H groups in total. The summed E-state index contributed by atoms with van der Waals surface area (Å²) in [4.78, 5) is 11.2. The van der Waals surface area contributed by atoms with Crippen LogP contribution in [0.1, 0.15) is 0 Å². The van der Waals surface area contributed by atoms with E-state index in [2.05, 4.69) is 0 Å². The summed E-state index contributed by atoms with van der Waals surface area (Å²) in [6, 6.07) is 13.5. The first-order valence-corrected chi connectivity index (χ1v) is 7.62. The predicted octanol–water partition coefficient (Wildman–Crippen LogP) is 4.56. The topological polar surface area (TPSA) is 48.7 Å². The van der Waals surface area contributed by atoms with Crippen LogP contribution in [-0.4, -0.2) is 13.2 Å². The lowest BCUT2D eigenvalue weighted by atomic mass is 10.2. The molecule has 0 fully saturated rings. The Kier molecular flexibility index (Phi) is 4.74. The van der Waals surface area contributed by atoms with Gasteiger partial charge in [0.2, 0.25) is 0 Å². The highest BCUT2D eigenvalue weighted by atomic mass is 35.5. The van der Waals surface area contributed by atoms with E-state index in [-0.39, 0.29) is 6.61 Å². The van der Waals surface area contributed by atoms with Gasteiger partial charge in [0.1, 0.15) is 24.5 Å². The van der Waals surface area contributed by atoms with Gasteiger partial charge in [-0.1, -0.05) is 29.3 Å². The average Bonchev–Trinajstić information content (AvgIpc) is 2.53. The lowest BCUT2D eigenvalue weighted by molar-refractivity contribution is 0.217. The van der Waals surface area contributed by atoms with Gasteiger partial charge in [0.25, 0.3) is 0 Å². The van der Waals surface area contributed by atoms with Gasteiger partial charge in [-0.05, 0) is 30.3 Å². The molecule has 0 unspecified atom stereocenters. The van der Waals surface area contributed by atoms with Crippen LogP contribution in [0, 0.1) is 0 Å². The molecule has 0 saturated carbocycles. The van der Waals surface area contributed by atoms with Crippen LogP contribution in [-0.2, 0) is 0 Å². The van der Waals surface area contributed by atoms with Crippen LogP contribution in [0.3, 0.4) is 0 Å². The molecule has 0 aliphatic heterocycles. The second-order valence-electron chi connectivity index (χ2n) is 4.70. The first-order chi connectivity index (χ1) is 11.1. The number of hydrogen-bond acceptors (Lipinski definition) is 4. The molecule has 1 aromatic heterocycles. The highest BCUT2D eigenvalue weighted by Gasteiger charge is 2.06. The molecule has 0 saturated heterocycles. The van der Waals surface area contributed by atoms with Gasteiger partial charge in [-0.25, -0.2) is 4.79 Å². The summed E-state index contributed by atoms with van der Waals surface area (Å²) in [6.07, 6.45) is 0. The molecule has 0 amide bonds. The van der Waals surface area contributed by atoms with Crippen molar-refractivity contribution in [3.05, 3.63) is 69.0 Å². The molecule has 0 bridgehead atoms. The third-order valence-electron chi connectivity index (χ3n) is 3.11. The molecule has 6 heteroatoms. The standard InChI is InChI=1S/C17H12Cl2O4/c18-13-2-1-3-14(19)17(13)22-9-8-21-12-6-4-11-5-7-16(20)23-15(11)10-12/h1-7,10H,8-9H2. The SMILES string of the molecule is O=c1ccc2ccc(OCCOc3c(Cl)cccc3Cl)cc2o1. The number of para-hydroxylation sites is 1. The fourth-order valence-corrected chi connectivity index (χ4v) is 2.56. The molecule has 23 heavy (non-hydrogen) atoms. The third-order valence-corrected chi connectivity index (χ3v) is 3.71. The van der Waals surface area contributed by atoms with Gasteiger partial charge < -0.3 is 13.9 Å². The van der Waals surface area contributed by atoms with E-state index in [9.17, 15) is 4.79 Å². The molecule has 0 atom stereocenters. The molecule has 3 aromatic rings. The van der Waals surface area contributed by atoms with Crippen LogP contribution in [0.5, 0.6) is 11.5 Å². The van der Waals surface area contributed by atoms with Crippen molar-refractivity contribution in [1.82, 2.24) is 0 Å². The number of ether oxygens (including phenoxy) is 2. The maximum Gasteiger partial charge on any atom is 0.336 e. The summed E-state index contributed by atoms with van der Waals surface area (Å²) in [5.41, 5.74) is 0.0800. The van der Waals surface area contributed by atoms with Gasteiger partial charge in [-0.15, -0.1) is 0 Å².